The zero-order valence-corrected chi connectivity index (χ0v) is 16.3. The molecule has 3 fully saturated rings. The maximum atomic E-state index is 13.2. The molecule has 0 aromatic heterocycles. The van der Waals surface area contributed by atoms with Gasteiger partial charge in [-0.2, -0.15) is 11.8 Å². The highest BCUT2D eigenvalue weighted by Gasteiger charge is 2.50. The van der Waals surface area contributed by atoms with Crippen LogP contribution < -0.4 is 0 Å². The van der Waals surface area contributed by atoms with Gasteiger partial charge in [-0.05, 0) is 18.4 Å². The molecule has 2 unspecified atom stereocenters. The van der Waals surface area contributed by atoms with E-state index in [-0.39, 0.29) is 12.0 Å². The molecule has 142 valence electrons. The Morgan fingerprint density at radius 1 is 1.08 bits per heavy atom. The molecule has 26 heavy (non-hydrogen) atoms. The summed E-state index contributed by atoms with van der Waals surface area (Å²) in [5, 5.41) is 11.5. The molecule has 1 spiro atoms. The van der Waals surface area contributed by atoms with Crippen molar-refractivity contribution in [2.45, 2.75) is 43.8 Å². The smallest absolute Gasteiger partial charge is 0.343 e. The van der Waals surface area contributed by atoms with Gasteiger partial charge in [0.05, 0.1) is 19.6 Å². The minimum atomic E-state index is -1.50. The van der Waals surface area contributed by atoms with E-state index in [1.165, 1.54) is 24.6 Å². The summed E-state index contributed by atoms with van der Waals surface area (Å²) in [5.41, 5.74) is -0.809. The second kappa shape index (κ2) is 7.53. The Labute approximate surface area is 160 Å². The summed E-state index contributed by atoms with van der Waals surface area (Å²) in [6.45, 7) is 4.39. The van der Waals surface area contributed by atoms with E-state index in [9.17, 15) is 9.90 Å². The van der Waals surface area contributed by atoms with E-state index in [0.717, 1.165) is 49.7 Å². The van der Waals surface area contributed by atoms with E-state index in [1.54, 1.807) is 0 Å². The van der Waals surface area contributed by atoms with Crippen LogP contribution in [0.4, 0.5) is 0 Å². The number of ether oxygens (including phenoxy) is 1. The average Bonchev–Trinajstić information content (AvgIpc) is 3.34. The maximum Gasteiger partial charge on any atom is 0.343 e. The molecule has 3 aliphatic rings. The number of rotatable bonds is 4. The predicted molar refractivity (Wildman–Crippen MR) is 104 cm³/mol. The van der Waals surface area contributed by atoms with Gasteiger partial charge in [0, 0.05) is 23.8 Å². The molecule has 1 aromatic rings. The summed E-state index contributed by atoms with van der Waals surface area (Å²) < 4.78 is 7.05. The lowest BCUT2D eigenvalue weighted by Gasteiger charge is -2.37. The Kier molecular flexibility index (Phi) is 5.31. The average molecular weight is 377 g/mol. The van der Waals surface area contributed by atoms with Crippen LogP contribution >= 0.6 is 11.8 Å². The van der Waals surface area contributed by atoms with E-state index < -0.39 is 11.6 Å². The van der Waals surface area contributed by atoms with Crippen molar-refractivity contribution >= 4 is 17.7 Å². The molecule has 1 saturated carbocycles. The second-order valence-corrected chi connectivity index (χ2v) is 9.46. The first-order valence-electron chi connectivity index (χ1n) is 10.0. The van der Waals surface area contributed by atoms with E-state index in [1.807, 2.05) is 42.1 Å². The molecular formula is C21H30NO3S+. The summed E-state index contributed by atoms with van der Waals surface area (Å²) in [4.78, 5) is 13.2. The van der Waals surface area contributed by atoms with E-state index in [4.69, 9.17) is 4.74 Å². The third-order valence-corrected chi connectivity index (χ3v) is 7.62. The largest absolute Gasteiger partial charge is 0.454 e. The number of aliphatic hydroxyl groups is 1. The van der Waals surface area contributed by atoms with Crippen LogP contribution in [0.25, 0.3) is 0 Å². The van der Waals surface area contributed by atoms with Gasteiger partial charge in [-0.15, -0.1) is 0 Å². The van der Waals surface area contributed by atoms with Gasteiger partial charge in [-0.3, -0.25) is 0 Å². The number of carbonyl (C=O) groups is 1. The van der Waals surface area contributed by atoms with Gasteiger partial charge >= 0.3 is 5.97 Å². The molecule has 4 nitrogen and oxygen atoms in total. The van der Waals surface area contributed by atoms with Crippen LogP contribution in [0.3, 0.4) is 0 Å². The highest BCUT2D eigenvalue weighted by molar-refractivity contribution is 7.99. The molecule has 0 bridgehead atoms. The van der Waals surface area contributed by atoms with E-state index >= 15 is 0 Å². The van der Waals surface area contributed by atoms with Gasteiger partial charge in [0.15, 0.2) is 11.7 Å². The van der Waals surface area contributed by atoms with Crippen molar-refractivity contribution in [3.05, 3.63) is 35.9 Å². The van der Waals surface area contributed by atoms with Crippen LogP contribution in [0.1, 0.15) is 37.7 Å². The number of esters is 1. The fourth-order valence-electron chi connectivity index (χ4n) is 5.06. The molecule has 2 atom stereocenters. The minimum Gasteiger partial charge on any atom is -0.454 e. The number of benzene rings is 1. The Hall–Kier alpha value is -1.04. The molecule has 2 saturated heterocycles. The fourth-order valence-corrected chi connectivity index (χ4v) is 6.30. The summed E-state index contributed by atoms with van der Waals surface area (Å²) in [6, 6.07) is 9.44. The Balaban J connectivity index is 1.50. The molecule has 5 heteroatoms. The number of quaternary nitrogens is 1. The van der Waals surface area contributed by atoms with Gasteiger partial charge < -0.3 is 14.3 Å². The lowest BCUT2D eigenvalue weighted by molar-refractivity contribution is -0.914. The van der Waals surface area contributed by atoms with Crippen LogP contribution in [0, 0.1) is 5.92 Å². The van der Waals surface area contributed by atoms with Crippen LogP contribution in [-0.2, 0) is 15.1 Å². The van der Waals surface area contributed by atoms with E-state index in [0.29, 0.717) is 5.56 Å². The number of thioether (sulfide) groups is 1. The Morgan fingerprint density at radius 3 is 2.46 bits per heavy atom. The van der Waals surface area contributed by atoms with Crippen molar-refractivity contribution in [3.63, 3.8) is 0 Å². The zero-order chi connectivity index (χ0) is 18.0. The first-order chi connectivity index (χ1) is 12.6. The maximum absolute atomic E-state index is 13.2. The molecule has 1 N–H and O–H groups in total. The summed E-state index contributed by atoms with van der Waals surface area (Å²) in [5.74, 6) is 1.95. The SMILES string of the molecule is O=C(OC1CC[N+]2(CCSCC2)C1)C(O)(c1ccccc1)C1CCCC1. The van der Waals surface area contributed by atoms with Crippen molar-refractivity contribution in [3.8, 4) is 0 Å². The highest BCUT2D eigenvalue weighted by atomic mass is 32.2. The Morgan fingerprint density at radius 2 is 1.77 bits per heavy atom. The van der Waals surface area contributed by atoms with Crippen molar-refractivity contribution in [1.29, 1.82) is 0 Å². The zero-order valence-electron chi connectivity index (χ0n) is 15.4. The van der Waals surface area contributed by atoms with Crippen molar-refractivity contribution in [2.24, 2.45) is 5.92 Å². The third-order valence-electron chi connectivity index (χ3n) is 6.68. The molecule has 2 heterocycles. The third kappa shape index (κ3) is 3.41. The van der Waals surface area contributed by atoms with Gasteiger partial charge in [-0.1, -0.05) is 43.2 Å². The quantitative estimate of drug-likeness (QED) is 0.648. The van der Waals surface area contributed by atoms with Crippen molar-refractivity contribution in [2.75, 3.05) is 37.7 Å². The van der Waals surface area contributed by atoms with Crippen LogP contribution in [0.5, 0.6) is 0 Å². The monoisotopic (exact) mass is 376 g/mol. The Bertz CT molecular complexity index is 625. The fraction of sp³-hybridized carbons (Fsp3) is 0.667. The van der Waals surface area contributed by atoms with Gasteiger partial charge in [0.2, 0.25) is 0 Å². The molecule has 2 aliphatic heterocycles. The van der Waals surface area contributed by atoms with Crippen LogP contribution in [0.15, 0.2) is 30.3 Å². The first-order valence-corrected chi connectivity index (χ1v) is 11.2. The van der Waals surface area contributed by atoms with Crippen LogP contribution in [-0.4, -0.2) is 59.3 Å². The number of nitrogens with zero attached hydrogens (tertiary/aromatic N) is 1. The van der Waals surface area contributed by atoms with Gasteiger partial charge in [0.25, 0.3) is 0 Å². The molecule has 1 aliphatic carbocycles. The summed E-state index contributed by atoms with van der Waals surface area (Å²) in [7, 11) is 0. The second-order valence-electron chi connectivity index (χ2n) is 8.24. The van der Waals surface area contributed by atoms with Crippen molar-refractivity contribution in [1.82, 2.24) is 0 Å². The van der Waals surface area contributed by atoms with Gasteiger partial charge in [-0.25, -0.2) is 4.79 Å². The molecule has 1 aromatic carbocycles. The van der Waals surface area contributed by atoms with E-state index in [2.05, 4.69) is 0 Å². The minimum absolute atomic E-state index is 0.0340. The number of hydrogen-bond acceptors (Lipinski definition) is 4. The van der Waals surface area contributed by atoms with Crippen LogP contribution in [0.2, 0.25) is 0 Å². The molecular weight excluding hydrogens is 346 g/mol. The normalized spacial score (nSPS) is 28.1. The van der Waals surface area contributed by atoms with Crippen molar-refractivity contribution < 1.29 is 19.1 Å². The lowest BCUT2D eigenvalue weighted by Crippen LogP contribution is -2.52. The molecule has 4 rings (SSSR count). The highest BCUT2D eigenvalue weighted by Crippen LogP contribution is 2.42. The topological polar surface area (TPSA) is 46.5 Å². The van der Waals surface area contributed by atoms with Gasteiger partial charge in [0.1, 0.15) is 6.54 Å². The predicted octanol–water partition coefficient (Wildman–Crippen LogP) is 2.94. The molecule has 0 radical (unpaired) electrons. The standard InChI is InChI=1S/C21H30NO3S/c23-20(25-19-10-11-22(16-19)12-14-26-15-13-22)21(24,18-8-4-5-9-18)17-6-2-1-3-7-17/h1-3,6-7,18-19,24H,4-5,8-16H2/q+1. The lowest BCUT2D eigenvalue weighted by atomic mass is 9.80. The summed E-state index contributed by atoms with van der Waals surface area (Å²) in [6.07, 6.45) is 4.81. The number of hydrogen-bond donors (Lipinski definition) is 1. The molecule has 0 amide bonds. The summed E-state index contributed by atoms with van der Waals surface area (Å²) >= 11 is 2.03. The number of carbonyl (C=O) groups excluding carboxylic acids is 1. The first kappa shape index (κ1) is 18.3.